The number of amides is 3. The van der Waals surface area contributed by atoms with Gasteiger partial charge in [0, 0.05) is 9.50 Å². The van der Waals surface area contributed by atoms with Crippen LogP contribution in [0, 0.1) is 0 Å². The molecular weight excluding hydrogens is 380 g/mol. The first-order chi connectivity index (χ1) is 10.9. The van der Waals surface area contributed by atoms with E-state index in [0.29, 0.717) is 10.6 Å². The van der Waals surface area contributed by atoms with Crippen LogP contribution in [0.2, 0.25) is 5.02 Å². The number of rotatable bonds is 3. The van der Waals surface area contributed by atoms with Gasteiger partial charge < -0.3 is 5.32 Å². The second-order valence-electron chi connectivity index (χ2n) is 5.54. The van der Waals surface area contributed by atoms with Crippen molar-refractivity contribution >= 4 is 39.5 Å². The largest absolute Gasteiger partial charge is 0.325 e. The number of urea groups is 1. The molecule has 2 aromatic rings. The average molecular weight is 394 g/mol. The first-order valence-corrected chi connectivity index (χ1v) is 8.22. The summed E-state index contributed by atoms with van der Waals surface area (Å²) in [6.45, 7) is 1.92. The highest BCUT2D eigenvalue weighted by molar-refractivity contribution is 9.10. The van der Waals surface area contributed by atoms with Crippen molar-refractivity contribution < 1.29 is 9.59 Å². The molecule has 0 aromatic heterocycles. The molecule has 0 radical (unpaired) electrons. The van der Waals surface area contributed by atoms with Crippen molar-refractivity contribution in [2.24, 2.45) is 0 Å². The molecule has 0 spiro atoms. The van der Waals surface area contributed by atoms with E-state index in [2.05, 4.69) is 21.2 Å². The van der Waals surface area contributed by atoms with Gasteiger partial charge >= 0.3 is 6.03 Å². The highest BCUT2D eigenvalue weighted by atomic mass is 79.9. The summed E-state index contributed by atoms with van der Waals surface area (Å²) in [4.78, 5) is 26.4. The molecule has 3 rings (SSSR count). The molecule has 118 valence electrons. The van der Waals surface area contributed by atoms with Crippen molar-refractivity contribution in [2.75, 3.05) is 0 Å². The van der Waals surface area contributed by atoms with E-state index in [4.69, 9.17) is 11.6 Å². The number of benzene rings is 2. The number of carbonyl (C=O) groups excluding carboxylic acids is 2. The van der Waals surface area contributed by atoms with Crippen LogP contribution in [-0.4, -0.2) is 16.8 Å². The van der Waals surface area contributed by atoms with Gasteiger partial charge in [-0.25, -0.2) is 4.79 Å². The SMILES string of the molecule is CC1(c2ccc(Cl)cc2)NC(=O)N(Cc2ccccc2Br)C1=O. The van der Waals surface area contributed by atoms with Gasteiger partial charge in [-0.3, -0.25) is 9.69 Å². The van der Waals surface area contributed by atoms with Crippen LogP contribution in [0.5, 0.6) is 0 Å². The molecule has 1 N–H and O–H groups in total. The Kier molecular flexibility index (Phi) is 4.17. The van der Waals surface area contributed by atoms with Crippen LogP contribution in [0.25, 0.3) is 0 Å². The van der Waals surface area contributed by atoms with E-state index >= 15 is 0 Å². The topological polar surface area (TPSA) is 49.4 Å². The Morgan fingerprint density at radius 3 is 2.43 bits per heavy atom. The van der Waals surface area contributed by atoms with Crippen molar-refractivity contribution in [3.05, 3.63) is 69.2 Å². The summed E-state index contributed by atoms with van der Waals surface area (Å²) in [6.07, 6.45) is 0. The minimum Gasteiger partial charge on any atom is -0.319 e. The van der Waals surface area contributed by atoms with E-state index in [1.54, 1.807) is 31.2 Å². The molecule has 1 aliphatic heterocycles. The maximum absolute atomic E-state index is 12.8. The van der Waals surface area contributed by atoms with Crippen LogP contribution < -0.4 is 5.32 Å². The van der Waals surface area contributed by atoms with Crippen molar-refractivity contribution in [3.8, 4) is 0 Å². The normalized spacial score (nSPS) is 20.7. The second kappa shape index (κ2) is 5.98. The molecule has 3 amide bonds. The molecule has 1 unspecified atom stereocenters. The zero-order valence-electron chi connectivity index (χ0n) is 12.3. The number of halogens is 2. The Bertz CT molecular complexity index is 778. The molecule has 0 aliphatic carbocycles. The second-order valence-corrected chi connectivity index (χ2v) is 6.84. The fourth-order valence-electron chi connectivity index (χ4n) is 2.62. The molecular formula is C17H14BrClN2O2. The Hall–Kier alpha value is -1.85. The molecule has 23 heavy (non-hydrogen) atoms. The molecule has 6 heteroatoms. The van der Waals surface area contributed by atoms with E-state index in [1.807, 2.05) is 24.3 Å². The number of hydrogen-bond donors (Lipinski definition) is 1. The lowest BCUT2D eigenvalue weighted by Gasteiger charge is -2.22. The van der Waals surface area contributed by atoms with Gasteiger partial charge in [0.15, 0.2) is 0 Å². The van der Waals surface area contributed by atoms with E-state index < -0.39 is 11.6 Å². The van der Waals surface area contributed by atoms with E-state index in [-0.39, 0.29) is 12.5 Å². The monoisotopic (exact) mass is 392 g/mol. The highest BCUT2D eigenvalue weighted by Crippen LogP contribution is 2.31. The molecule has 0 saturated carbocycles. The summed E-state index contributed by atoms with van der Waals surface area (Å²) >= 11 is 9.33. The number of nitrogens with one attached hydrogen (secondary N) is 1. The number of carbonyl (C=O) groups is 2. The molecule has 0 bridgehead atoms. The van der Waals surface area contributed by atoms with Crippen LogP contribution in [-0.2, 0) is 16.9 Å². The zero-order valence-corrected chi connectivity index (χ0v) is 14.7. The standard InChI is InChI=1S/C17H14BrClN2O2/c1-17(12-6-8-13(19)9-7-12)15(22)21(16(23)20-17)10-11-4-2-3-5-14(11)18/h2-9H,10H2,1H3,(H,20,23). The fraction of sp³-hybridized carbons (Fsp3) is 0.176. The van der Waals surface area contributed by atoms with E-state index in [1.165, 1.54) is 4.90 Å². The zero-order chi connectivity index (χ0) is 16.6. The quantitative estimate of drug-likeness (QED) is 0.799. The number of imide groups is 1. The van der Waals surface area contributed by atoms with Gasteiger partial charge in [0.25, 0.3) is 5.91 Å². The smallest absolute Gasteiger partial charge is 0.319 e. The van der Waals surface area contributed by atoms with Crippen LogP contribution >= 0.6 is 27.5 Å². The fourth-order valence-corrected chi connectivity index (χ4v) is 3.15. The molecule has 1 atom stereocenters. The van der Waals surface area contributed by atoms with Gasteiger partial charge in [-0.1, -0.05) is 57.9 Å². The van der Waals surface area contributed by atoms with Gasteiger partial charge in [-0.2, -0.15) is 0 Å². The highest BCUT2D eigenvalue weighted by Gasteiger charge is 2.48. The van der Waals surface area contributed by atoms with Crippen LogP contribution in [0.4, 0.5) is 4.79 Å². The maximum Gasteiger partial charge on any atom is 0.325 e. The van der Waals surface area contributed by atoms with Crippen molar-refractivity contribution in [1.29, 1.82) is 0 Å². The Labute approximate surface area is 147 Å². The number of nitrogens with zero attached hydrogens (tertiary/aromatic N) is 1. The lowest BCUT2D eigenvalue weighted by atomic mass is 9.92. The van der Waals surface area contributed by atoms with Gasteiger partial charge in [-0.15, -0.1) is 0 Å². The van der Waals surface area contributed by atoms with Gasteiger partial charge in [0.2, 0.25) is 0 Å². The van der Waals surface area contributed by atoms with Crippen LogP contribution in [0.1, 0.15) is 18.1 Å². The van der Waals surface area contributed by atoms with Gasteiger partial charge in [-0.05, 0) is 36.2 Å². The summed E-state index contributed by atoms with van der Waals surface area (Å²) in [5, 5.41) is 3.37. The first kappa shape index (κ1) is 16.0. The summed E-state index contributed by atoms with van der Waals surface area (Å²) in [5.74, 6) is -0.277. The molecule has 1 aliphatic rings. The molecule has 1 saturated heterocycles. The van der Waals surface area contributed by atoms with Crippen molar-refractivity contribution in [1.82, 2.24) is 10.2 Å². The third kappa shape index (κ3) is 2.86. The van der Waals surface area contributed by atoms with Crippen LogP contribution in [0.3, 0.4) is 0 Å². The molecule has 2 aromatic carbocycles. The van der Waals surface area contributed by atoms with Crippen molar-refractivity contribution in [2.45, 2.75) is 19.0 Å². The lowest BCUT2D eigenvalue weighted by Crippen LogP contribution is -2.40. The Morgan fingerprint density at radius 1 is 1.13 bits per heavy atom. The minimum atomic E-state index is -1.08. The average Bonchev–Trinajstić information content (AvgIpc) is 2.74. The van der Waals surface area contributed by atoms with Crippen molar-refractivity contribution in [3.63, 3.8) is 0 Å². The molecule has 1 fully saturated rings. The summed E-state index contributed by atoms with van der Waals surface area (Å²) in [5.41, 5.74) is 0.495. The summed E-state index contributed by atoms with van der Waals surface area (Å²) in [6, 6.07) is 14.0. The van der Waals surface area contributed by atoms with Crippen LogP contribution in [0.15, 0.2) is 53.0 Å². The van der Waals surface area contributed by atoms with Gasteiger partial charge in [0.05, 0.1) is 6.54 Å². The predicted molar refractivity (Wildman–Crippen MR) is 92.0 cm³/mol. The first-order valence-electron chi connectivity index (χ1n) is 7.05. The third-order valence-electron chi connectivity index (χ3n) is 3.98. The molecule has 4 nitrogen and oxygen atoms in total. The Morgan fingerprint density at radius 2 is 1.78 bits per heavy atom. The maximum atomic E-state index is 12.8. The number of hydrogen-bond acceptors (Lipinski definition) is 2. The van der Waals surface area contributed by atoms with Gasteiger partial charge in [0.1, 0.15) is 5.54 Å². The third-order valence-corrected chi connectivity index (χ3v) is 5.01. The summed E-state index contributed by atoms with van der Waals surface area (Å²) < 4.78 is 0.862. The lowest BCUT2D eigenvalue weighted by molar-refractivity contribution is -0.131. The summed E-state index contributed by atoms with van der Waals surface area (Å²) in [7, 11) is 0. The predicted octanol–water partition coefficient (Wildman–Crippen LogP) is 4.07. The molecule has 1 heterocycles. The van der Waals surface area contributed by atoms with E-state index in [0.717, 1.165) is 10.0 Å². The Balaban J connectivity index is 1.90. The minimum absolute atomic E-state index is 0.218. The van der Waals surface area contributed by atoms with E-state index in [9.17, 15) is 9.59 Å².